The Morgan fingerprint density at radius 2 is 2.00 bits per heavy atom. The number of nitrogens with zero attached hydrogens (tertiary/aromatic N) is 3. The monoisotopic (exact) mass is 289 g/mol. The minimum absolute atomic E-state index is 0.366. The first kappa shape index (κ1) is 14.1. The molecular formula is C12H14F3N3S. The van der Waals surface area contributed by atoms with E-state index in [4.69, 9.17) is 0 Å². The van der Waals surface area contributed by atoms with E-state index in [1.807, 2.05) is 31.1 Å². The maximum Gasteiger partial charge on any atom is 0.433 e. The lowest BCUT2D eigenvalue weighted by Gasteiger charge is -2.05. The molecule has 0 radical (unpaired) electrons. The molecule has 2 aromatic heterocycles. The Hall–Kier alpha value is -1.34. The number of aryl methyl sites for hydroxylation is 1. The molecule has 3 nitrogen and oxygen atoms in total. The highest BCUT2D eigenvalue weighted by molar-refractivity contribution is 7.15. The average molecular weight is 289 g/mol. The highest BCUT2D eigenvalue weighted by atomic mass is 32.1. The van der Waals surface area contributed by atoms with Crippen molar-refractivity contribution < 1.29 is 13.2 Å². The van der Waals surface area contributed by atoms with Gasteiger partial charge in [0.15, 0.2) is 0 Å². The molecule has 2 rings (SSSR count). The third-order valence-electron chi connectivity index (χ3n) is 2.56. The summed E-state index contributed by atoms with van der Waals surface area (Å²) in [6.45, 7) is 0.767. The van der Waals surface area contributed by atoms with Crippen LogP contribution in [0.3, 0.4) is 0 Å². The molecule has 0 aromatic carbocycles. The quantitative estimate of drug-likeness (QED) is 0.865. The van der Waals surface area contributed by atoms with Crippen LogP contribution in [0.25, 0.3) is 10.6 Å². The van der Waals surface area contributed by atoms with Gasteiger partial charge in [0, 0.05) is 18.5 Å². The van der Waals surface area contributed by atoms with Gasteiger partial charge in [0.2, 0.25) is 0 Å². The minimum Gasteiger partial charge on any atom is -0.304 e. The van der Waals surface area contributed by atoms with Gasteiger partial charge in [-0.3, -0.25) is 4.68 Å². The van der Waals surface area contributed by atoms with Crippen molar-refractivity contribution in [3.05, 3.63) is 28.8 Å². The van der Waals surface area contributed by atoms with E-state index in [9.17, 15) is 13.2 Å². The van der Waals surface area contributed by atoms with Crippen molar-refractivity contribution in [1.29, 1.82) is 0 Å². The first-order chi connectivity index (χ1) is 8.77. The average Bonchev–Trinajstić information content (AvgIpc) is 2.82. The van der Waals surface area contributed by atoms with Gasteiger partial charge < -0.3 is 4.90 Å². The zero-order chi connectivity index (χ0) is 14.2. The Labute approximate surface area is 113 Å². The topological polar surface area (TPSA) is 21.1 Å². The third kappa shape index (κ3) is 3.16. The normalized spacial score (nSPS) is 12.4. The standard InChI is InChI=1S/C12H14F3N3S/c1-17(2)7-8-4-5-10(19-8)9-6-11(12(13,14)15)18(3)16-9/h4-6H,7H2,1-3H3. The van der Waals surface area contributed by atoms with E-state index in [-0.39, 0.29) is 0 Å². The molecule has 0 fully saturated rings. The number of hydrogen-bond donors (Lipinski definition) is 0. The van der Waals surface area contributed by atoms with Crippen LogP contribution < -0.4 is 0 Å². The maximum atomic E-state index is 12.7. The van der Waals surface area contributed by atoms with Crippen LogP contribution in [-0.4, -0.2) is 28.8 Å². The predicted octanol–water partition coefficient (Wildman–Crippen LogP) is 3.23. The van der Waals surface area contributed by atoms with Crippen molar-refractivity contribution in [2.75, 3.05) is 14.1 Å². The van der Waals surface area contributed by atoms with Crippen molar-refractivity contribution in [3.8, 4) is 10.6 Å². The van der Waals surface area contributed by atoms with Crippen LogP contribution in [0.1, 0.15) is 10.6 Å². The molecule has 19 heavy (non-hydrogen) atoms. The molecule has 0 aliphatic carbocycles. The fraction of sp³-hybridized carbons (Fsp3) is 0.417. The van der Waals surface area contributed by atoms with Gasteiger partial charge in [-0.25, -0.2) is 0 Å². The maximum absolute atomic E-state index is 12.7. The number of hydrogen-bond acceptors (Lipinski definition) is 3. The SMILES string of the molecule is CN(C)Cc1ccc(-c2cc(C(F)(F)F)n(C)n2)s1. The van der Waals surface area contributed by atoms with E-state index in [2.05, 4.69) is 5.10 Å². The van der Waals surface area contributed by atoms with E-state index in [1.165, 1.54) is 18.4 Å². The molecule has 0 aliphatic heterocycles. The Morgan fingerprint density at radius 1 is 1.32 bits per heavy atom. The van der Waals surface area contributed by atoms with Gasteiger partial charge >= 0.3 is 6.18 Å². The van der Waals surface area contributed by atoms with Crippen LogP contribution >= 0.6 is 11.3 Å². The predicted molar refractivity (Wildman–Crippen MR) is 68.9 cm³/mol. The van der Waals surface area contributed by atoms with Crippen molar-refractivity contribution >= 4 is 11.3 Å². The van der Waals surface area contributed by atoms with Crippen LogP contribution in [0.2, 0.25) is 0 Å². The molecular weight excluding hydrogens is 275 g/mol. The second-order valence-electron chi connectivity index (χ2n) is 4.54. The molecule has 0 atom stereocenters. The zero-order valence-electron chi connectivity index (χ0n) is 10.8. The number of alkyl halides is 3. The summed E-state index contributed by atoms with van der Waals surface area (Å²) in [6.07, 6.45) is -4.37. The molecule has 0 saturated heterocycles. The number of thiophene rings is 1. The highest BCUT2D eigenvalue weighted by Crippen LogP contribution is 2.34. The molecule has 0 unspecified atom stereocenters. The van der Waals surface area contributed by atoms with Crippen LogP contribution in [0, 0.1) is 0 Å². The van der Waals surface area contributed by atoms with E-state index in [1.54, 1.807) is 0 Å². The third-order valence-corrected chi connectivity index (χ3v) is 3.65. The van der Waals surface area contributed by atoms with E-state index in [0.29, 0.717) is 5.69 Å². The lowest BCUT2D eigenvalue weighted by molar-refractivity contribution is -0.143. The molecule has 0 amide bonds. The fourth-order valence-electron chi connectivity index (χ4n) is 1.77. The van der Waals surface area contributed by atoms with Crippen molar-refractivity contribution in [3.63, 3.8) is 0 Å². The van der Waals surface area contributed by atoms with Gasteiger partial charge in [0.05, 0.1) is 4.88 Å². The molecule has 2 aromatic rings. The van der Waals surface area contributed by atoms with Crippen LogP contribution in [0.5, 0.6) is 0 Å². The van der Waals surface area contributed by atoms with Gasteiger partial charge in [0.1, 0.15) is 11.4 Å². The summed E-state index contributed by atoms with van der Waals surface area (Å²) in [5.41, 5.74) is -0.366. The number of aromatic nitrogens is 2. The summed E-state index contributed by atoms with van der Waals surface area (Å²) in [5.74, 6) is 0. The highest BCUT2D eigenvalue weighted by Gasteiger charge is 2.35. The van der Waals surface area contributed by atoms with Crippen LogP contribution in [0.4, 0.5) is 13.2 Å². The lowest BCUT2D eigenvalue weighted by atomic mass is 10.3. The fourth-order valence-corrected chi connectivity index (χ4v) is 2.85. The van der Waals surface area contributed by atoms with Gasteiger partial charge in [0.25, 0.3) is 0 Å². The first-order valence-electron chi connectivity index (χ1n) is 5.62. The second kappa shape index (κ2) is 4.97. The molecule has 0 bridgehead atoms. The summed E-state index contributed by atoms with van der Waals surface area (Å²) < 4.78 is 38.9. The van der Waals surface area contributed by atoms with E-state index >= 15 is 0 Å². The summed E-state index contributed by atoms with van der Waals surface area (Å²) >= 11 is 1.46. The minimum atomic E-state index is -4.37. The van der Waals surface area contributed by atoms with E-state index in [0.717, 1.165) is 27.0 Å². The summed E-state index contributed by atoms with van der Waals surface area (Å²) in [4.78, 5) is 3.86. The van der Waals surface area contributed by atoms with Gasteiger partial charge in [-0.15, -0.1) is 11.3 Å². The van der Waals surface area contributed by atoms with Crippen LogP contribution in [0.15, 0.2) is 18.2 Å². The Balaban J connectivity index is 2.30. The van der Waals surface area contributed by atoms with Crippen LogP contribution in [-0.2, 0) is 19.8 Å². The zero-order valence-corrected chi connectivity index (χ0v) is 11.6. The van der Waals surface area contributed by atoms with Gasteiger partial charge in [-0.1, -0.05) is 0 Å². The summed E-state index contributed by atoms with van der Waals surface area (Å²) in [6, 6.07) is 4.82. The Kier molecular flexibility index (Phi) is 3.69. The summed E-state index contributed by atoms with van der Waals surface area (Å²) in [5, 5.41) is 3.93. The lowest BCUT2D eigenvalue weighted by Crippen LogP contribution is -2.11. The molecule has 104 valence electrons. The summed E-state index contributed by atoms with van der Waals surface area (Å²) in [7, 11) is 5.20. The van der Waals surface area contributed by atoms with Crippen molar-refractivity contribution in [2.45, 2.75) is 12.7 Å². The van der Waals surface area contributed by atoms with Crippen molar-refractivity contribution in [2.24, 2.45) is 7.05 Å². The van der Waals surface area contributed by atoms with Gasteiger partial charge in [-0.05, 0) is 32.3 Å². The first-order valence-corrected chi connectivity index (χ1v) is 6.44. The largest absolute Gasteiger partial charge is 0.433 e. The molecule has 2 heterocycles. The second-order valence-corrected chi connectivity index (χ2v) is 5.71. The Morgan fingerprint density at radius 3 is 2.53 bits per heavy atom. The van der Waals surface area contributed by atoms with E-state index < -0.39 is 11.9 Å². The molecule has 0 spiro atoms. The van der Waals surface area contributed by atoms with Gasteiger partial charge in [-0.2, -0.15) is 18.3 Å². The smallest absolute Gasteiger partial charge is 0.304 e. The molecule has 0 N–H and O–H groups in total. The molecule has 0 saturated carbocycles. The number of halogens is 3. The van der Waals surface area contributed by atoms with Crippen molar-refractivity contribution in [1.82, 2.24) is 14.7 Å². The Bertz CT molecular complexity index is 569. The molecule has 7 heteroatoms. The number of rotatable bonds is 3. The molecule has 0 aliphatic rings.